The van der Waals surface area contributed by atoms with Crippen molar-refractivity contribution < 1.29 is 4.74 Å². The Morgan fingerprint density at radius 3 is 2.84 bits per heavy atom. The molecule has 2 rings (SSSR count). The van der Waals surface area contributed by atoms with E-state index < -0.39 is 0 Å². The zero-order chi connectivity index (χ0) is 13.7. The minimum Gasteiger partial charge on any atom is -0.372 e. The third-order valence-corrected chi connectivity index (χ3v) is 3.78. The van der Waals surface area contributed by atoms with E-state index in [1.807, 2.05) is 0 Å². The molecule has 2 nitrogen and oxygen atoms in total. The molecule has 0 spiro atoms. The van der Waals surface area contributed by atoms with Gasteiger partial charge in [-0.05, 0) is 42.5 Å². The van der Waals surface area contributed by atoms with Gasteiger partial charge in [-0.1, -0.05) is 44.2 Å². The Kier molecular flexibility index (Phi) is 5.17. The minimum atomic E-state index is 0.387. The van der Waals surface area contributed by atoms with Crippen molar-refractivity contribution in [3.05, 3.63) is 47.0 Å². The zero-order valence-electron chi connectivity index (χ0n) is 12.2. The molecule has 0 bridgehead atoms. The third-order valence-electron chi connectivity index (χ3n) is 3.78. The molecule has 1 atom stereocenters. The largest absolute Gasteiger partial charge is 0.372 e. The summed E-state index contributed by atoms with van der Waals surface area (Å²) in [6.45, 7) is 11.1. The molecule has 2 heteroatoms. The van der Waals surface area contributed by atoms with Crippen molar-refractivity contribution in [3.8, 4) is 0 Å². The molecule has 1 aliphatic rings. The molecule has 1 unspecified atom stereocenters. The van der Waals surface area contributed by atoms with E-state index in [0.29, 0.717) is 6.04 Å². The lowest BCUT2D eigenvalue weighted by Gasteiger charge is -2.20. The van der Waals surface area contributed by atoms with E-state index in [9.17, 15) is 0 Å². The molecule has 1 heterocycles. The highest BCUT2D eigenvalue weighted by molar-refractivity contribution is 5.35. The summed E-state index contributed by atoms with van der Waals surface area (Å²) in [7, 11) is 0. The number of benzene rings is 1. The molecule has 1 N–H and O–H groups in total. The first-order chi connectivity index (χ1) is 9.24. The predicted molar refractivity (Wildman–Crippen MR) is 80.0 cm³/mol. The van der Waals surface area contributed by atoms with Crippen molar-refractivity contribution in [2.24, 2.45) is 0 Å². The highest BCUT2D eigenvalue weighted by Gasteiger charge is 2.16. The summed E-state index contributed by atoms with van der Waals surface area (Å²) >= 11 is 0. The van der Waals surface area contributed by atoms with Crippen LogP contribution >= 0.6 is 0 Å². The Balaban J connectivity index is 2.14. The van der Waals surface area contributed by atoms with Gasteiger partial charge in [0.15, 0.2) is 0 Å². The molecule has 0 aromatic heterocycles. The van der Waals surface area contributed by atoms with E-state index in [-0.39, 0.29) is 0 Å². The summed E-state index contributed by atoms with van der Waals surface area (Å²) in [6.07, 6.45) is 3.23. The molecule has 0 aliphatic carbocycles. The molecule has 0 amide bonds. The van der Waals surface area contributed by atoms with Gasteiger partial charge in [0.1, 0.15) is 0 Å². The van der Waals surface area contributed by atoms with Crippen molar-refractivity contribution >= 4 is 0 Å². The average molecular weight is 259 g/mol. The number of hydrogen-bond donors (Lipinski definition) is 1. The number of ether oxygens (including phenoxy) is 1. The second kappa shape index (κ2) is 6.88. The van der Waals surface area contributed by atoms with Gasteiger partial charge in [-0.15, -0.1) is 0 Å². The molecule has 0 radical (unpaired) electrons. The molecule has 0 saturated carbocycles. The lowest BCUT2D eigenvalue weighted by molar-refractivity contribution is 0.134. The topological polar surface area (TPSA) is 21.3 Å². The summed E-state index contributed by atoms with van der Waals surface area (Å²) in [5.41, 5.74) is 5.37. The van der Waals surface area contributed by atoms with Crippen LogP contribution in [-0.2, 0) is 18.0 Å². The van der Waals surface area contributed by atoms with Gasteiger partial charge in [0.2, 0.25) is 0 Å². The van der Waals surface area contributed by atoms with Gasteiger partial charge in [-0.3, -0.25) is 0 Å². The Bertz CT molecular complexity index is 439. The van der Waals surface area contributed by atoms with Gasteiger partial charge < -0.3 is 10.1 Å². The van der Waals surface area contributed by atoms with Gasteiger partial charge in [-0.2, -0.15) is 0 Å². The molecule has 0 fully saturated rings. The van der Waals surface area contributed by atoms with Gasteiger partial charge in [0.25, 0.3) is 0 Å². The van der Waals surface area contributed by atoms with Crippen LogP contribution in [0.3, 0.4) is 0 Å². The van der Waals surface area contributed by atoms with Crippen LogP contribution < -0.4 is 5.32 Å². The first kappa shape index (κ1) is 14.3. The lowest BCUT2D eigenvalue weighted by atomic mass is 9.95. The molecule has 0 saturated heterocycles. The van der Waals surface area contributed by atoms with Crippen LogP contribution in [0.1, 0.15) is 55.8 Å². The number of rotatable bonds is 7. The maximum atomic E-state index is 5.50. The first-order valence-electron chi connectivity index (χ1n) is 7.34. The quantitative estimate of drug-likeness (QED) is 0.744. The number of fused-ring (bicyclic) bond motifs is 1. The maximum Gasteiger partial charge on any atom is 0.0725 e. The molecular formula is C17H25NO. The van der Waals surface area contributed by atoms with Gasteiger partial charge in [0, 0.05) is 6.04 Å². The van der Waals surface area contributed by atoms with E-state index in [0.717, 1.165) is 39.0 Å². The zero-order valence-corrected chi connectivity index (χ0v) is 12.2. The smallest absolute Gasteiger partial charge is 0.0725 e. The van der Waals surface area contributed by atoms with E-state index in [1.54, 1.807) is 0 Å². The van der Waals surface area contributed by atoms with Crippen LogP contribution in [0, 0.1) is 0 Å². The summed E-state index contributed by atoms with van der Waals surface area (Å²) in [6, 6.07) is 7.15. The Morgan fingerprint density at radius 1 is 1.32 bits per heavy atom. The third kappa shape index (κ3) is 3.68. The van der Waals surface area contributed by atoms with E-state index >= 15 is 0 Å². The van der Waals surface area contributed by atoms with Crippen molar-refractivity contribution in [2.75, 3.05) is 6.54 Å². The molecule has 1 aromatic rings. The van der Waals surface area contributed by atoms with Crippen LogP contribution in [0.15, 0.2) is 30.4 Å². The van der Waals surface area contributed by atoms with Crippen LogP contribution in [0.4, 0.5) is 0 Å². The fourth-order valence-corrected chi connectivity index (χ4v) is 2.47. The fraction of sp³-hybridized carbons (Fsp3) is 0.529. The average Bonchev–Trinajstić information content (AvgIpc) is 2.90. The second-order valence-electron chi connectivity index (χ2n) is 5.34. The normalized spacial score (nSPS) is 15.3. The molecule has 104 valence electrons. The van der Waals surface area contributed by atoms with Crippen LogP contribution in [0.2, 0.25) is 0 Å². The Morgan fingerprint density at radius 2 is 2.11 bits per heavy atom. The Labute approximate surface area is 116 Å². The summed E-state index contributed by atoms with van der Waals surface area (Å²) in [5.74, 6) is 0. The van der Waals surface area contributed by atoms with Gasteiger partial charge in [0.05, 0.1) is 13.2 Å². The van der Waals surface area contributed by atoms with Crippen LogP contribution in [0.25, 0.3) is 0 Å². The van der Waals surface area contributed by atoms with Crippen LogP contribution in [-0.4, -0.2) is 6.54 Å². The van der Waals surface area contributed by atoms with E-state index in [4.69, 9.17) is 4.74 Å². The minimum absolute atomic E-state index is 0.387. The highest BCUT2D eigenvalue weighted by atomic mass is 16.5. The van der Waals surface area contributed by atoms with Crippen molar-refractivity contribution in [3.63, 3.8) is 0 Å². The van der Waals surface area contributed by atoms with Crippen LogP contribution in [0.5, 0.6) is 0 Å². The standard InChI is InChI=1S/C17H25NO/c1-4-8-18-17(9-13(3)5-2)14-6-7-15-11-19-12-16(15)10-14/h6-7,10,17-18H,3-5,8-9,11-12H2,1-2H3. The van der Waals surface area contributed by atoms with Crippen molar-refractivity contribution in [1.82, 2.24) is 5.32 Å². The molecule has 1 aromatic carbocycles. The molecular weight excluding hydrogens is 234 g/mol. The predicted octanol–water partition coefficient (Wildman–Crippen LogP) is 4.11. The molecule has 19 heavy (non-hydrogen) atoms. The van der Waals surface area contributed by atoms with Crippen molar-refractivity contribution in [1.29, 1.82) is 0 Å². The summed E-state index contributed by atoms with van der Waals surface area (Å²) in [4.78, 5) is 0. The summed E-state index contributed by atoms with van der Waals surface area (Å²) in [5, 5.41) is 3.64. The first-order valence-corrected chi connectivity index (χ1v) is 7.34. The van der Waals surface area contributed by atoms with E-state index in [1.165, 1.54) is 22.3 Å². The lowest BCUT2D eigenvalue weighted by Crippen LogP contribution is -2.22. The summed E-state index contributed by atoms with van der Waals surface area (Å²) < 4.78 is 5.50. The Hall–Kier alpha value is -1.12. The number of nitrogens with one attached hydrogen (secondary N) is 1. The maximum absolute atomic E-state index is 5.50. The van der Waals surface area contributed by atoms with Gasteiger partial charge in [-0.25, -0.2) is 0 Å². The fourth-order valence-electron chi connectivity index (χ4n) is 2.47. The van der Waals surface area contributed by atoms with E-state index in [2.05, 4.69) is 43.9 Å². The monoisotopic (exact) mass is 259 g/mol. The van der Waals surface area contributed by atoms with Crippen molar-refractivity contribution in [2.45, 2.75) is 52.4 Å². The van der Waals surface area contributed by atoms with Gasteiger partial charge >= 0.3 is 0 Å². The molecule has 1 aliphatic heterocycles. The number of hydrogen-bond acceptors (Lipinski definition) is 2. The highest BCUT2D eigenvalue weighted by Crippen LogP contribution is 2.27. The SMILES string of the molecule is C=C(CC)CC(NCCC)c1ccc2c(c1)COC2. The second-order valence-corrected chi connectivity index (χ2v) is 5.34.